The van der Waals surface area contributed by atoms with E-state index in [2.05, 4.69) is 19.2 Å². The number of nitrogen functional groups attached to an aromatic ring is 1. The third kappa shape index (κ3) is 3.29. The van der Waals surface area contributed by atoms with Crippen LogP contribution in [0.25, 0.3) is 0 Å². The van der Waals surface area contributed by atoms with Gasteiger partial charge in [-0.05, 0) is 18.9 Å². The first-order valence-electron chi connectivity index (χ1n) is 5.92. The van der Waals surface area contributed by atoms with Gasteiger partial charge in [-0.2, -0.15) is 0 Å². The Morgan fingerprint density at radius 2 is 2.19 bits per heavy atom. The Morgan fingerprint density at radius 1 is 1.44 bits per heavy atom. The van der Waals surface area contributed by atoms with Crippen LogP contribution in [-0.2, 0) is 6.54 Å². The third-order valence-corrected chi connectivity index (χ3v) is 2.43. The molecule has 4 heteroatoms. The molecule has 4 nitrogen and oxygen atoms in total. The maximum Gasteiger partial charge on any atom is 0.267 e. The molecule has 0 spiro atoms. The van der Waals surface area contributed by atoms with Crippen molar-refractivity contribution in [3.63, 3.8) is 0 Å². The fourth-order valence-corrected chi connectivity index (χ4v) is 1.62. The maximum atomic E-state index is 11.8. The first-order valence-corrected chi connectivity index (χ1v) is 5.92. The lowest BCUT2D eigenvalue weighted by molar-refractivity contribution is 0.0944. The zero-order chi connectivity index (χ0) is 12.0. The summed E-state index contributed by atoms with van der Waals surface area (Å²) in [5.74, 6) is -0.0291. The number of unbranched alkanes of at least 4 members (excludes halogenated alkanes) is 1. The molecule has 1 rings (SSSR count). The zero-order valence-corrected chi connectivity index (χ0v) is 10.1. The molecule has 0 aliphatic rings. The second kappa shape index (κ2) is 6.20. The highest BCUT2D eigenvalue weighted by Crippen LogP contribution is 2.11. The van der Waals surface area contributed by atoms with Gasteiger partial charge in [0.1, 0.15) is 5.69 Å². The molecule has 1 aromatic heterocycles. The summed E-state index contributed by atoms with van der Waals surface area (Å²) in [5.41, 5.74) is 7.01. The number of carbonyl (C=O) groups excluding carboxylic acids is 1. The molecular formula is C12H21N3O. The van der Waals surface area contributed by atoms with Gasteiger partial charge in [-0.3, -0.25) is 4.79 Å². The number of amides is 1. The number of hydrogen-bond donors (Lipinski definition) is 2. The molecule has 90 valence electrons. The Bertz CT molecular complexity index is 344. The van der Waals surface area contributed by atoms with Crippen molar-refractivity contribution in [2.24, 2.45) is 0 Å². The molecule has 1 aromatic rings. The predicted molar refractivity (Wildman–Crippen MR) is 66.4 cm³/mol. The van der Waals surface area contributed by atoms with Crippen molar-refractivity contribution in [3.8, 4) is 0 Å². The molecule has 0 saturated heterocycles. The van der Waals surface area contributed by atoms with Crippen molar-refractivity contribution in [1.29, 1.82) is 0 Å². The Balaban J connectivity index is 2.66. The number of anilines is 1. The molecule has 0 aliphatic carbocycles. The van der Waals surface area contributed by atoms with Crippen molar-refractivity contribution in [2.45, 2.75) is 39.7 Å². The highest BCUT2D eigenvalue weighted by atomic mass is 16.1. The lowest BCUT2D eigenvalue weighted by Crippen LogP contribution is -2.26. The molecular weight excluding hydrogens is 202 g/mol. The summed E-state index contributed by atoms with van der Waals surface area (Å²) < 4.78 is 1.91. The summed E-state index contributed by atoms with van der Waals surface area (Å²) in [6.07, 6.45) is 4.90. The molecule has 0 aromatic carbocycles. The number of aromatic nitrogens is 1. The molecule has 16 heavy (non-hydrogen) atoms. The third-order valence-electron chi connectivity index (χ3n) is 2.43. The highest BCUT2D eigenvalue weighted by Gasteiger charge is 2.11. The number of nitrogens with two attached hydrogens (primary N) is 1. The summed E-state index contributed by atoms with van der Waals surface area (Å²) in [6, 6.07) is 1.73. The standard InChI is InChI=1S/C12H21N3O/c1-3-5-6-14-12(16)11-8-10(13)9-15(11)7-4-2/h8-9H,3-7,13H2,1-2H3,(H,14,16). The van der Waals surface area contributed by atoms with Crippen LogP contribution in [0.4, 0.5) is 5.69 Å². The molecule has 0 aliphatic heterocycles. The molecule has 0 bridgehead atoms. The summed E-state index contributed by atoms with van der Waals surface area (Å²) in [4.78, 5) is 11.8. The van der Waals surface area contributed by atoms with E-state index in [4.69, 9.17) is 5.73 Å². The summed E-state index contributed by atoms with van der Waals surface area (Å²) >= 11 is 0. The van der Waals surface area contributed by atoms with E-state index in [-0.39, 0.29) is 5.91 Å². The number of nitrogens with one attached hydrogen (secondary N) is 1. The fraction of sp³-hybridized carbons (Fsp3) is 0.583. The average molecular weight is 223 g/mol. The van der Waals surface area contributed by atoms with Gasteiger partial charge < -0.3 is 15.6 Å². The number of aryl methyl sites for hydroxylation is 1. The van der Waals surface area contributed by atoms with Gasteiger partial charge in [-0.15, -0.1) is 0 Å². The van der Waals surface area contributed by atoms with E-state index >= 15 is 0 Å². The summed E-state index contributed by atoms with van der Waals surface area (Å²) in [6.45, 7) is 5.74. The normalized spacial score (nSPS) is 10.4. The van der Waals surface area contributed by atoms with Crippen LogP contribution in [-0.4, -0.2) is 17.0 Å². The first kappa shape index (κ1) is 12.6. The van der Waals surface area contributed by atoms with E-state index in [9.17, 15) is 4.79 Å². The number of nitrogens with zero attached hydrogens (tertiary/aromatic N) is 1. The topological polar surface area (TPSA) is 60.1 Å². The minimum Gasteiger partial charge on any atom is -0.397 e. The minimum atomic E-state index is -0.0291. The number of rotatable bonds is 6. The smallest absolute Gasteiger partial charge is 0.267 e. The van der Waals surface area contributed by atoms with E-state index in [0.717, 1.165) is 32.4 Å². The Hall–Kier alpha value is -1.45. The summed E-state index contributed by atoms with van der Waals surface area (Å²) in [7, 11) is 0. The first-order chi connectivity index (χ1) is 7.69. The van der Waals surface area contributed by atoms with Gasteiger partial charge >= 0.3 is 0 Å². The molecule has 3 N–H and O–H groups in total. The lowest BCUT2D eigenvalue weighted by Gasteiger charge is -2.07. The van der Waals surface area contributed by atoms with Gasteiger partial charge in [0.05, 0.1) is 5.69 Å². The maximum absolute atomic E-state index is 11.8. The second-order valence-electron chi connectivity index (χ2n) is 3.96. The van der Waals surface area contributed by atoms with E-state index in [1.807, 2.05) is 10.8 Å². The van der Waals surface area contributed by atoms with Gasteiger partial charge in [0.25, 0.3) is 5.91 Å². The van der Waals surface area contributed by atoms with Crippen molar-refractivity contribution in [3.05, 3.63) is 18.0 Å². The van der Waals surface area contributed by atoms with Crippen LogP contribution in [0, 0.1) is 0 Å². The van der Waals surface area contributed by atoms with E-state index in [1.54, 1.807) is 6.07 Å². The summed E-state index contributed by atoms with van der Waals surface area (Å²) in [5, 5.41) is 2.90. The van der Waals surface area contributed by atoms with Crippen LogP contribution in [0.15, 0.2) is 12.3 Å². The molecule has 0 saturated carbocycles. The molecule has 0 atom stereocenters. The molecule has 0 unspecified atom stereocenters. The Morgan fingerprint density at radius 3 is 2.81 bits per heavy atom. The van der Waals surface area contributed by atoms with Crippen LogP contribution in [0.2, 0.25) is 0 Å². The van der Waals surface area contributed by atoms with Crippen molar-refractivity contribution in [1.82, 2.24) is 9.88 Å². The number of hydrogen-bond acceptors (Lipinski definition) is 2. The van der Waals surface area contributed by atoms with Crippen LogP contribution < -0.4 is 11.1 Å². The van der Waals surface area contributed by atoms with Gasteiger partial charge in [0.2, 0.25) is 0 Å². The van der Waals surface area contributed by atoms with Gasteiger partial charge in [-0.1, -0.05) is 20.3 Å². The van der Waals surface area contributed by atoms with Crippen molar-refractivity contribution in [2.75, 3.05) is 12.3 Å². The largest absolute Gasteiger partial charge is 0.397 e. The Kier molecular flexibility index (Phi) is 4.89. The van der Waals surface area contributed by atoms with Crippen molar-refractivity contribution < 1.29 is 4.79 Å². The number of carbonyl (C=O) groups is 1. The predicted octanol–water partition coefficient (Wildman–Crippen LogP) is 2.01. The molecule has 1 heterocycles. The minimum absolute atomic E-state index is 0.0291. The SMILES string of the molecule is CCCCNC(=O)c1cc(N)cn1CCC. The highest BCUT2D eigenvalue weighted by molar-refractivity contribution is 5.93. The van der Waals surface area contributed by atoms with Gasteiger partial charge in [0, 0.05) is 19.3 Å². The van der Waals surface area contributed by atoms with Crippen LogP contribution in [0.3, 0.4) is 0 Å². The Labute approximate surface area is 96.8 Å². The molecule has 0 fully saturated rings. The van der Waals surface area contributed by atoms with E-state index in [1.165, 1.54) is 0 Å². The molecule has 1 amide bonds. The van der Waals surface area contributed by atoms with Crippen LogP contribution in [0.1, 0.15) is 43.6 Å². The van der Waals surface area contributed by atoms with Gasteiger partial charge in [0.15, 0.2) is 0 Å². The lowest BCUT2D eigenvalue weighted by atomic mass is 10.3. The molecule has 0 radical (unpaired) electrons. The monoisotopic (exact) mass is 223 g/mol. The zero-order valence-electron chi connectivity index (χ0n) is 10.1. The quantitative estimate of drug-likeness (QED) is 0.725. The fourth-order valence-electron chi connectivity index (χ4n) is 1.62. The van der Waals surface area contributed by atoms with E-state index < -0.39 is 0 Å². The van der Waals surface area contributed by atoms with Crippen LogP contribution in [0.5, 0.6) is 0 Å². The average Bonchev–Trinajstić information content (AvgIpc) is 2.60. The van der Waals surface area contributed by atoms with E-state index in [0.29, 0.717) is 11.4 Å². The van der Waals surface area contributed by atoms with Crippen LogP contribution >= 0.6 is 0 Å². The second-order valence-corrected chi connectivity index (χ2v) is 3.96. The van der Waals surface area contributed by atoms with Crippen molar-refractivity contribution >= 4 is 11.6 Å². The van der Waals surface area contributed by atoms with Gasteiger partial charge in [-0.25, -0.2) is 0 Å².